The predicted octanol–water partition coefficient (Wildman–Crippen LogP) is 5.56. The molecular weight excluding hydrogens is 388 g/mol. The Balaban J connectivity index is 1.55. The van der Waals surface area contributed by atoms with Crippen molar-refractivity contribution in [1.29, 1.82) is 0 Å². The highest BCUT2D eigenvalue weighted by atomic mass is 32.1. The van der Waals surface area contributed by atoms with E-state index in [9.17, 15) is 8.78 Å². The number of aromatic nitrogens is 1. The van der Waals surface area contributed by atoms with Crippen molar-refractivity contribution in [3.05, 3.63) is 102 Å². The number of H-pyrrole nitrogens is 1. The molecule has 0 radical (unpaired) electrons. The number of rotatable bonds is 5. The maximum atomic E-state index is 13.4. The highest BCUT2D eigenvalue weighted by Gasteiger charge is 2.18. The quantitative estimate of drug-likeness (QED) is 0.379. The number of hydrogen-bond acceptors (Lipinski definition) is 1. The van der Waals surface area contributed by atoms with E-state index in [-0.39, 0.29) is 11.6 Å². The molecule has 1 aromatic heterocycles. The first-order chi connectivity index (χ1) is 14.1. The van der Waals surface area contributed by atoms with Crippen LogP contribution in [-0.2, 0) is 0 Å². The minimum absolute atomic E-state index is 0.0383. The first-order valence-corrected chi connectivity index (χ1v) is 9.63. The Bertz CT molecular complexity index is 1120. The molecule has 4 aromatic rings. The molecule has 29 heavy (non-hydrogen) atoms. The number of hydrogen-bond donors (Lipinski definition) is 3. The second-order valence-corrected chi connectivity index (χ2v) is 7.15. The van der Waals surface area contributed by atoms with Gasteiger partial charge in [-0.25, -0.2) is 8.78 Å². The number of halogens is 2. The summed E-state index contributed by atoms with van der Waals surface area (Å²) in [6.45, 7) is 0.523. The smallest absolute Gasteiger partial charge is 0.170 e. The Hall–Kier alpha value is -3.25. The van der Waals surface area contributed by atoms with E-state index in [2.05, 4.69) is 33.8 Å². The van der Waals surface area contributed by atoms with Crippen molar-refractivity contribution in [2.45, 2.75) is 5.92 Å². The summed E-state index contributed by atoms with van der Waals surface area (Å²) in [6.07, 6.45) is 2.02. The van der Waals surface area contributed by atoms with E-state index in [1.165, 1.54) is 12.1 Å². The summed E-state index contributed by atoms with van der Waals surface area (Å²) in [5, 5.41) is 7.48. The molecule has 1 heterocycles. The molecule has 146 valence electrons. The zero-order valence-corrected chi connectivity index (χ0v) is 16.3. The molecular formula is C23H19F2N3S. The normalized spacial score (nSPS) is 11.9. The van der Waals surface area contributed by atoms with Crippen molar-refractivity contribution < 1.29 is 8.78 Å². The molecule has 0 amide bonds. The van der Waals surface area contributed by atoms with Gasteiger partial charge in [0.2, 0.25) is 0 Å². The number of fused-ring (bicyclic) bond motifs is 1. The van der Waals surface area contributed by atoms with Gasteiger partial charge in [0.1, 0.15) is 11.6 Å². The first kappa shape index (κ1) is 19.1. The number of anilines is 1. The van der Waals surface area contributed by atoms with Crippen LogP contribution in [0.25, 0.3) is 10.9 Å². The van der Waals surface area contributed by atoms with Gasteiger partial charge < -0.3 is 15.6 Å². The third-order valence-corrected chi connectivity index (χ3v) is 5.03. The van der Waals surface area contributed by atoms with Crippen LogP contribution in [0.1, 0.15) is 17.0 Å². The largest absolute Gasteiger partial charge is 0.361 e. The second kappa shape index (κ2) is 8.41. The Morgan fingerprint density at radius 1 is 0.931 bits per heavy atom. The molecule has 0 saturated carbocycles. The van der Waals surface area contributed by atoms with E-state index >= 15 is 0 Å². The molecule has 3 N–H and O–H groups in total. The fourth-order valence-electron chi connectivity index (χ4n) is 3.47. The molecule has 0 fully saturated rings. The van der Waals surface area contributed by atoms with Crippen molar-refractivity contribution in [2.24, 2.45) is 0 Å². The van der Waals surface area contributed by atoms with Gasteiger partial charge in [0.05, 0.1) is 0 Å². The lowest BCUT2D eigenvalue weighted by molar-refractivity contribution is 0.584. The summed E-state index contributed by atoms with van der Waals surface area (Å²) in [5.74, 6) is -1.27. The van der Waals surface area contributed by atoms with Crippen LogP contribution in [0.2, 0.25) is 0 Å². The maximum absolute atomic E-state index is 13.4. The van der Waals surface area contributed by atoms with Crippen molar-refractivity contribution >= 4 is 33.9 Å². The molecule has 1 atom stereocenters. The van der Waals surface area contributed by atoms with Gasteiger partial charge in [-0.1, -0.05) is 48.5 Å². The Labute approximate surface area is 172 Å². The van der Waals surface area contributed by atoms with Gasteiger partial charge in [0, 0.05) is 41.3 Å². The van der Waals surface area contributed by atoms with Crippen molar-refractivity contribution in [3.63, 3.8) is 0 Å². The van der Waals surface area contributed by atoms with Crippen LogP contribution in [-0.4, -0.2) is 16.6 Å². The monoisotopic (exact) mass is 407 g/mol. The Morgan fingerprint density at radius 3 is 2.38 bits per heavy atom. The van der Waals surface area contributed by atoms with Gasteiger partial charge in [-0.3, -0.25) is 0 Å². The number of nitrogens with one attached hydrogen (secondary N) is 3. The van der Waals surface area contributed by atoms with Crippen molar-refractivity contribution in [1.82, 2.24) is 10.3 Å². The minimum Gasteiger partial charge on any atom is -0.361 e. The van der Waals surface area contributed by atoms with Gasteiger partial charge in [-0.05, 0) is 41.5 Å². The van der Waals surface area contributed by atoms with E-state index in [1.54, 1.807) is 0 Å². The lowest BCUT2D eigenvalue weighted by Crippen LogP contribution is -2.32. The van der Waals surface area contributed by atoms with Gasteiger partial charge in [0.25, 0.3) is 0 Å². The van der Waals surface area contributed by atoms with E-state index in [1.807, 2.05) is 42.6 Å². The van der Waals surface area contributed by atoms with Crippen LogP contribution >= 0.6 is 12.2 Å². The van der Waals surface area contributed by atoms with Gasteiger partial charge >= 0.3 is 0 Å². The summed E-state index contributed by atoms with van der Waals surface area (Å²) < 4.78 is 26.8. The zero-order valence-electron chi connectivity index (χ0n) is 15.5. The van der Waals surface area contributed by atoms with Crippen molar-refractivity contribution in [2.75, 3.05) is 11.9 Å². The zero-order chi connectivity index (χ0) is 20.2. The number of aromatic amines is 1. The molecule has 3 nitrogen and oxygen atoms in total. The standard InChI is InChI=1S/C23H19F2N3S/c24-16-10-17(25)12-18(11-16)28-23(29)27-13-20(15-6-2-1-3-7-15)21-14-26-22-9-5-4-8-19(21)22/h1-12,14,20,26H,13H2,(H2,27,28,29). The summed E-state index contributed by atoms with van der Waals surface area (Å²) in [7, 11) is 0. The Kier molecular flexibility index (Phi) is 5.53. The van der Waals surface area contributed by atoms with Crippen LogP contribution in [0, 0.1) is 11.6 Å². The first-order valence-electron chi connectivity index (χ1n) is 9.22. The summed E-state index contributed by atoms with van der Waals surface area (Å²) in [6, 6.07) is 21.5. The Morgan fingerprint density at radius 2 is 1.62 bits per heavy atom. The van der Waals surface area contributed by atoms with E-state index in [0.717, 1.165) is 28.1 Å². The van der Waals surface area contributed by atoms with Gasteiger partial charge in [-0.2, -0.15) is 0 Å². The molecule has 6 heteroatoms. The molecule has 0 aliphatic rings. The summed E-state index contributed by atoms with van der Waals surface area (Å²) >= 11 is 5.34. The number of thiocarbonyl (C=S) groups is 1. The highest BCUT2D eigenvalue weighted by Crippen LogP contribution is 2.30. The maximum Gasteiger partial charge on any atom is 0.170 e. The highest BCUT2D eigenvalue weighted by molar-refractivity contribution is 7.80. The van der Waals surface area contributed by atoms with Crippen LogP contribution < -0.4 is 10.6 Å². The lowest BCUT2D eigenvalue weighted by Gasteiger charge is -2.19. The topological polar surface area (TPSA) is 39.8 Å². The van der Waals surface area contributed by atoms with Gasteiger partial charge in [-0.15, -0.1) is 0 Å². The average Bonchev–Trinajstić information content (AvgIpc) is 3.12. The van der Waals surface area contributed by atoms with Crippen LogP contribution in [0.4, 0.5) is 14.5 Å². The fourth-order valence-corrected chi connectivity index (χ4v) is 3.67. The van der Waals surface area contributed by atoms with E-state index < -0.39 is 11.6 Å². The number of benzene rings is 3. The van der Waals surface area contributed by atoms with Crippen LogP contribution in [0.5, 0.6) is 0 Å². The summed E-state index contributed by atoms with van der Waals surface area (Å²) in [4.78, 5) is 3.32. The second-order valence-electron chi connectivity index (χ2n) is 6.75. The van der Waals surface area contributed by atoms with Crippen LogP contribution in [0.15, 0.2) is 79.0 Å². The molecule has 0 saturated heterocycles. The van der Waals surface area contributed by atoms with E-state index in [0.29, 0.717) is 11.7 Å². The lowest BCUT2D eigenvalue weighted by atomic mass is 9.91. The van der Waals surface area contributed by atoms with Crippen molar-refractivity contribution in [3.8, 4) is 0 Å². The molecule has 0 aliphatic heterocycles. The molecule has 0 aliphatic carbocycles. The van der Waals surface area contributed by atoms with Gasteiger partial charge in [0.15, 0.2) is 5.11 Å². The molecule has 0 spiro atoms. The predicted molar refractivity (Wildman–Crippen MR) is 117 cm³/mol. The summed E-state index contributed by atoms with van der Waals surface area (Å²) in [5.41, 5.74) is 3.63. The third-order valence-electron chi connectivity index (χ3n) is 4.79. The molecule has 1 unspecified atom stereocenters. The SMILES string of the molecule is Fc1cc(F)cc(NC(=S)NCC(c2ccccc2)c2c[nH]c3ccccc23)c1. The van der Waals surface area contributed by atoms with Crippen LogP contribution in [0.3, 0.4) is 0 Å². The molecule has 4 rings (SSSR count). The fraction of sp³-hybridized carbons (Fsp3) is 0.0870. The average molecular weight is 407 g/mol. The third kappa shape index (κ3) is 4.43. The molecule has 0 bridgehead atoms. The number of para-hydroxylation sites is 1. The minimum atomic E-state index is -0.656. The molecule has 3 aromatic carbocycles. The van der Waals surface area contributed by atoms with E-state index in [4.69, 9.17) is 12.2 Å².